The maximum Gasteiger partial charge on any atom is 0.475 e. The minimum absolute atomic E-state index is 0.00218. The van der Waals surface area contributed by atoms with Crippen LogP contribution in [0.4, 0.5) is 0 Å². The van der Waals surface area contributed by atoms with E-state index in [1.54, 1.807) is 0 Å². The first-order valence-electron chi connectivity index (χ1n) is 7.58. The van der Waals surface area contributed by atoms with Crippen molar-refractivity contribution in [3.05, 3.63) is 0 Å². The van der Waals surface area contributed by atoms with Crippen molar-refractivity contribution < 1.29 is 9.31 Å². The average Bonchev–Trinajstić information content (AvgIpc) is 2.92. The second kappa shape index (κ2) is 3.53. The Hall–Kier alpha value is -0.0551. The maximum atomic E-state index is 6.44. The highest BCUT2D eigenvalue weighted by Gasteiger charge is 2.68. The van der Waals surface area contributed by atoms with E-state index in [2.05, 4.69) is 26.1 Å². The van der Waals surface area contributed by atoms with Gasteiger partial charge in [0.2, 0.25) is 0 Å². The maximum absolute atomic E-state index is 6.44. The molecule has 5 rings (SSSR count). The number of hydrogen-bond acceptors (Lipinski definition) is 3. The van der Waals surface area contributed by atoms with Gasteiger partial charge in [0.05, 0.1) is 11.7 Å². The molecule has 5 fully saturated rings. The highest BCUT2D eigenvalue weighted by Crippen LogP contribution is 2.65. The molecule has 2 bridgehead atoms. The van der Waals surface area contributed by atoms with Crippen LogP contribution in [0.1, 0.15) is 46.5 Å². The zero-order chi connectivity index (χ0) is 12.5. The molecule has 0 amide bonds. The standard InChI is InChI=1S/C14H24BNO2/c1-13(2)9-7-10(13)14(3)11(8-9)17-15(18-14)12-5-4-6-16-12/h9-12,16H,4-8H2,1-3H3/t9-,10-,11-,12+,14+/m0/s1. The van der Waals surface area contributed by atoms with Crippen molar-refractivity contribution >= 4 is 7.12 Å². The number of hydrogen-bond donors (Lipinski definition) is 1. The molecule has 3 saturated carbocycles. The summed E-state index contributed by atoms with van der Waals surface area (Å²) in [6, 6.07) is 0. The van der Waals surface area contributed by atoms with Crippen LogP contribution >= 0.6 is 0 Å². The Kier molecular flexibility index (Phi) is 2.30. The molecule has 0 radical (unpaired) electrons. The lowest BCUT2D eigenvalue weighted by atomic mass is 9.43. The molecule has 0 aromatic carbocycles. The monoisotopic (exact) mass is 249 g/mol. The molecule has 5 aliphatic rings. The molecule has 3 aliphatic carbocycles. The van der Waals surface area contributed by atoms with Gasteiger partial charge >= 0.3 is 7.12 Å². The van der Waals surface area contributed by atoms with Gasteiger partial charge < -0.3 is 14.6 Å². The SMILES string of the molecule is CC1(C)[C@@H]2C[C@@H]3OB([C@H]4CCCN4)O[C@]3(C)[C@H]1C2. The van der Waals surface area contributed by atoms with Gasteiger partial charge in [-0.05, 0) is 56.4 Å². The third-order valence-electron chi connectivity index (χ3n) is 6.40. The topological polar surface area (TPSA) is 30.5 Å². The molecule has 100 valence electrons. The molecule has 18 heavy (non-hydrogen) atoms. The Balaban J connectivity index is 1.57. The Labute approximate surface area is 110 Å². The van der Waals surface area contributed by atoms with Crippen LogP contribution in [0.15, 0.2) is 0 Å². The van der Waals surface area contributed by atoms with Crippen molar-refractivity contribution in [3.8, 4) is 0 Å². The number of rotatable bonds is 1. The molecule has 0 aromatic rings. The highest BCUT2D eigenvalue weighted by molar-refractivity contribution is 6.47. The van der Waals surface area contributed by atoms with Crippen molar-refractivity contribution in [1.29, 1.82) is 0 Å². The summed E-state index contributed by atoms with van der Waals surface area (Å²) in [4.78, 5) is 0. The molecule has 3 nitrogen and oxygen atoms in total. The van der Waals surface area contributed by atoms with Gasteiger partial charge in [-0.1, -0.05) is 13.8 Å². The molecule has 2 aliphatic heterocycles. The van der Waals surface area contributed by atoms with E-state index < -0.39 is 0 Å². The van der Waals surface area contributed by atoms with E-state index in [-0.39, 0.29) is 12.7 Å². The normalized spacial score (nSPS) is 53.2. The smallest absolute Gasteiger partial charge is 0.404 e. The molecule has 4 heteroatoms. The summed E-state index contributed by atoms with van der Waals surface area (Å²) in [6.07, 6.45) is 5.33. The summed E-state index contributed by atoms with van der Waals surface area (Å²) in [5.41, 5.74) is 0.416. The van der Waals surface area contributed by atoms with E-state index in [9.17, 15) is 0 Å². The van der Waals surface area contributed by atoms with Crippen LogP contribution in [0.5, 0.6) is 0 Å². The van der Waals surface area contributed by atoms with Gasteiger partial charge in [0.1, 0.15) is 0 Å². The molecule has 2 saturated heterocycles. The lowest BCUT2D eigenvalue weighted by Crippen LogP contribution is -2.65. The van der Waals surface area contributed by atoms with Gasteiger partial charge in [-0.25, -0.2) is 0 Å². The average molecular weight is 249 g/mol. The van der Waals surface area contributed by atoms with E-state index in [4.69, 9.17) is 9.31 Å². The molecule has 5 atom stereocenters. The fourth-order valence-corrected chi connectivity index (χ4v) is 5.01. The second-order valence-electron chi connectivity index (χ2n) is 7.54. The third-order valence-corrected chi connectivity index (χ3v) is 6.40. The summed E-state index contributed by atoms with van der Waals surface area (Å²) >= 11 is 0. The van der Waals surface area contributed by atoms with E-state index in [0.29, 0.717) is 23.4 Å². The predicted molar refractivity (Wildman–Crippen MR) is 71.1 cm³/mol. The molecule has 1 N–H and O–H groups in total. The van der Waals surface area contributed by atoms with E-state index in [1.165, 1.54) is 25.7 Å². The molecule has 0 spiro atoms. The largest absolute Gasteiger partial charge is 0.475 e. The molecule has 0 aromatic heterocycles. The zero-order valence-corrected chi connectivity index (χ0v) is 11.7. The third kappa shape index (κ3) is 1.32. The van der Waals surface area contributed by atoms with Gasteiger partial charge in [0.15, 0.2) is 0 Å². The van der Waals surface area contributed by atoms with Gasteiger partial charge in [-0.2, -0.15) is 0 Å². The van der Waals surface area contributed by atoms with Gasteiger partial charge in [-0.15, -0.1) is 0 Å². The van der Waals surface area contributed by atoms with Crippen LogP contribution in [0.3, 0.4) is 0 Å². The fourth-order valence-electron chi connectivity index (χ4n) is 5.01. The van der Waals surface area contributed by atoms with Crippen molar-refractivity contribution in [3.63, 3.8) is 0 Å². The van der Waals surface area contributed by atoms with Crippen LogP contribution in [0.25, 0.3) is 0 Å². The van der Waals surface area contributed by atoms with Crippen molar-refractivity contribution in [1.82, 2.24) is 5.32 Å². The van der Waals surface area contributed by atoms with E-state index in [1.807, 2.05) is 0 Å². The van der Waals surface area contributed by atoms with Crippen LogP contribution in [0.2, 0.25) is 0 Å². The Morgan fingerprint density at radius 3 is 2.72 bits per heavy atom. The van der Waals surface area contributed by atoms with Gasteiger partial charge in [-0.3, -0.25) is 0 Å². The lowest BCUT2D eigenvalue weighted by molar-refractivity contribution is -0.199. The van der Waals surface area contributed by atoms with E-state index in [0.717, 1.165) is 12.5 Å². The molecular formula is C14H24BNO2. The molecule has 2 heterocycles. The first-order valence-corrected chi connectivity index (χ1v) is 7.58. The Morgan fingerprint density at radius 1 is 1.22 bits per heavy atom. The minimum atomic E-state index is -0.0345. The van der Waals surface area contributed by atoms with Crippen LogP contribution in [-0.4, -0.2) is 31.3 Å². The summed E-state index contributed by atoms with van der Waals surface area (Å²) in [5.74, 6) is 1.95. The lowest BCUT2D eigenvalue weighted by Gasteiger charge is -2.64. The summed E-state index contributed by atoms with van der Waals surface area (Å²) < 4.78 is 12.7. The zero-order valence-electron chi connectivity index (χ0n) is 11.7. The first-order chi connectivity index (χ1) is 8.52. The quantitative estimate of drug-likeness (QED) is 0.721. The number of nitrogens with one attached hydrogen (secondary N) is 1. The summed E-state index contributed by atoms with van der Waals surface area (Å²) in [7, 11) is -0.00218. The van der Waals surface area contributed by atoms with Crippen LogP contribution in [-0.2, 0) is 9.31 Å². The van der Waals surface area contributed by atoms with Crippen molar-refractivity contribution in [2.75, 3.05) is 6.54 Å². The van der Waals surface area contributed by atoms with Crippen molar-refractivity contribution in [2.45, 2.75) is 64.1 Å². The second-order valence-corrected chi connectivity index (χ2v) is 7.54. The summed E-state index contributed by atoms with van der Waals surface area (Å²) in [5, 5.41) is 3.52. The fraction of sp³-hybridized carbons (Fsp3) is 1.00. The van der Waals surface area contributed by atoms with E-state index >= 15 is 0 Å². The summed E-state index contributed by atoms with van der Waals surface area (Å²) in [6.45, 7) is 8.25. The van der Waals surface area contributed by atoms with Gasteiger partial charge in [0, 0.05) is 5.94 Å². The first kappa shape index (κ1) is 11.7. The Bertz CT molecular complexity index is 369. The minimum Gasteiger partial charge on any atom is -0.404 e. The molecular weight excluding hydrogens is 225 g/mol. The van der Waals surface area contributed by atoms with Crippen LogP contribution < -0.4 is 5.32 Å². The Morgan fingerprint density at radius 2 is 2.06 bits per heavy atom. The molecule has 0 unspecified atom stereocenters. The van der Waals surface area contributed by atoms with Gasteiger partial charge in [0.25, 0.3) is 0 Å². The van der Waals surface area contributed by atoms with Crippen LogP contribution in [0, 0.1) is 17.3 Å². The van der Waals surface area contributed by atoms with Crippen molar-refractivity contribution in [2.24, 2.45) is 17.3 Å². The highest BCUT2D eigenvalue weighted by atomic mass is 16.7. The predicted octanol–water partition coefficient (Wildman–Crippen LogP) is 2.01.